The zero-order chi connectivity index (χ0) is 28.8. The third-order valence-corrected chi connectivity index (χ3v) is 9.83. The zero-order valence-electron chi connectivity index (χ0n) is 23.8. The summed E-state index contributed by atoms with van der Waals surface area (Å²) in [5.74, 6) is -0.0614. The lowest BCUT2D eigenvalue weighted by atomic mass is 9.95. The number of anilines is 1. The van der Waals surface area contributed by atoms with E-state index in [-0.39, 0.29) is 48.4 Å². The van der Waals surface area contributed by atoms with Crippen molar-refractivity contribution in [1.29, 1.82) is 10.5 Å². The molecule has 222 valence electrons. The number of hydrogen-bond acceptors (Lipinski definition) is 7. The van der Waals surface area contributed by atoms with Gasteiger partial charge in [0.25, 0.3) is 11.8 Å². The Labute approximate surface area is 256 Å². The number of carbonyl (C=O) groups excluding carboxylic acids is 2. The van der Waals surface area contributed by atoms with Crippen molar-refractivity contribution >= 4 is 40.8 Å². The van der Waals surface area contributed by atoms with Crippen molar-refractivity contribution < 1.29 is 9.59 Å². The fraction of sp³-hybridized carbons (Fsp3) is 0.438. The fourth-order valence-electron chi connectivity index (χ4n) is 7.74. The molecule has 4 saturated heterocycles. The summed E-state index contributed by atoms with van der Waals surface area (Å²) in [5, 5.41) is 28.9. The Morgan fingerprint density at radius 2 is 1.42 bits per heavy atom. The highest BCUT2D eigenvalue weighted by Crippen LogP contribution is 2.38. The van der Waals surface area contributed by atoms with Gasteiger partial charge in [-0.1, -0.05) is 0 Å². The minimum absolute atomic E-state index is 0. The smallest absolute Gasteiger partial charge is 0.251 e. The van der Waals surface area contributed by atoms with E-state index in [1.165, 1.54) is 5.56 Å². The second-order valence-corrected chi connectivity index (χ2v) is 12.1. The molecule has 1 aromatic heterocycles. The van der Waals surface area contributed by atoms with Gasteiger partial charge >= 0.3 is 0 Å². The summed E-state index contributed by atoms with van der Waals surface area (Å²) in [4.78, 5) is 31.7. The number of nitrogens with one attached hydrogen (secondary N) is 4. The molecule has 6 atom stereocenters. The SMILES string of the molecule is Cl.N#CN1C2CCC1C(NC(=O)c1ccc3[nH]ccc3c1)C2.N#CN1C2CCC1C(NC(=O)c1ccc3c(c1)CCN3)C2. The van der Waals surface area contributed by atoms with Gasteiger partial charge in [-0.3, -0.25) is 9.59 Å². The molecule has 0 aliphatic carbocycles. The van der Waals surface area contributed by atoms with Crippen LogP contribution in [0.15, 0.2) is 48.7 Å². The number of nitrogens with zero attached hydrogens (tertiary/aromatic N) is 4. The van der Waals surface area contributed by atoms with Gasteiger partial charge in [0.15, 0.2) is 12.4 Å². The maximum absolute atomic E-state index is 12.4. The quantitative estimate of drug-likeness (QED) is 0.334. The highest BCUT2D eigenvalue weighted by atomic mass is 35.5. The molecule has 10 nitrogen and oxygen atoms in total. The molecule has 11 heteroatoms. The molecule has 4 fully saturated rings. The number of carbonyl (C=O) groups is 2. The van der Waals surface area contributed by atoms with Crippen LogP contribution in [0, 0.1) is 22.9 Å². The molecule has 5 aliphatic rings. The summed E-state index contributed by atoms with van der Waals surface area (Å²) in [6.07, 6.45) is 13.3. The van der Waals surface area contributed by atoms with E-state index in [1.807, 2.05) is 58.5 Å². The van der Waals surface area contributed by atoms with E-state index >= 15 is 0 Å². The molecule has 8 rings (SSSR count). The Balaban J connectivity index is 0.000000150. The van der Waals surface area contributed by atoms with Crippen molar-refractivity contribution in [1.82, 2.24) is 25.4 Å². The number of hydrogen-bond donors (Lipinski definition) is 4. The minimum atomic E-state index is -0.0476. The average molecular weight is 599 g/mol. The monoisotopic (exact) mass is 598 g/mol. The fourth-order valence-corrected chi connectivity index (χ4v) is 7.74. The number of rotatable bonds is 4. The number of aromatic amines is 1. The second-order valence-electron chi connectivity index (χ2n) is 12.1. The Kier molecular flexibility index (Phi) is 7.81. The number of H-pyrrole nitrogens is 1. The van der Waals surface area contributed by atoms with Gasteiger partial charge in [-0.15, -0.1) is 12.4 Å². The van der Waals surface area contributed by atoms with E-state index in [1.54, 1.807) is 0 Å². The van der Waals surface area contributed by atoms with Crippen LogP contribution in [-0.2, 0) is 6.42 Å². The largest absolute Gasteiger partial charge is 0.384 e. The number of benzene rings is 2. The molecule has 5 aliphatic heterocycles. The van der Waals surface area contributed by atoms with Crippen LogP contribution < -0.4 is 16.0 Å². The molecule has 4 N–H and O–H groups in total. The first-order chi connectivity index (χ1) is 20.5. The Hall–Kier alpha value is -4.41. The van der Waals surface area contributed by atoms with Crippen LogP contribution in [0.2, 0.25) is 0 Å². The Morgan fingerprint density at radius 3 is 2.02 bits per heavy atom. The predicted molar refractivity (Wildman–Crippen MR) is 164 cm³/mol. The van der Waals surface area contributed by atoms with Gasteiger partial charge in [0, 0.05) is 52.5 Å². The van der Waals surface area contributed by atoms with Crippen LogP contribution in [0.3, 0.4) is 0 Å². The second kappa shape index (κ2) is 11.7. The first-order valence-corrected chi connectivity index (χ1v) is 14.9. The van der Waals surface area contributed by atoms with Crippen molar-refractivity contribution in [3.05, 3.63) is 65.4 Å². The summed E-state index contributed by atoms with van der Waals surface area (Å²) in [7, 11) is 0. The molecule has 2 amide bonds. The molecule has 3 aromatic rings. The normalized spacial score (nSPS) is 27.3. The van der Waals surface area contributed by atoms with Crippen LogP contribution in [0.4, 0.5) is 5.69 Å². The molecule has 0 spiro atoms. The Morgan fingerprint density at radius 1 is 0.814 bits per heavy atom. The molecular formula is C32H35ClN8O2. The third kappa shape index (κ3) is 5.21. The number of halogens is 1. The number of fused-ring (bicyclic) bond motifs is 6. The van der Waals surface area contributed by atoms with Gasteiger partial charge in [-0.2, -0.15) is 10.5 Å². The first kappa shape index (κ1) is 28.7. The standard InChI is InChI=1S/C16H18N4O.C16H16N4O.ClH/c2*17-9-20-12-2-4-15(20)14(8-12)19-16(21)11-1-3-13-10(7-11)5-6-18-13;/h1,3,7,12,14-15,18H,2,4-6,8H2,(H,19,21);1,3,5-7,12,14-15,18H,2,4,8H2,(H,19,21);1H. The molecule has 43 heavy (non-hydrogen) atoms. The molecule has 2 aromatic carbocycles. The lowest BCUT2D eigenvalue weighted by Gasteiger charge is -2.22. The lowest BCUT2D eigenvalue weighted by molar-refractivity contribution is 0.0920. The number of amides is 2. The van der Waals surface area contributed by atoms with Crippen LogP contribution in [0.1, 0.15) is 64.8 Å². The predicted octanol–water partition coefficient (Wildman–Crippen LogP) is 3.88. The summed E-state index contributed by atoms with van der Waals surface area (Å²) in [5.41, 5.74) is 4.79. The van der Waals surface area contributed by atoms with Crippen LogP contribution in [0.25, 0.3) is 10.9 Å². The summed E-state index contributed by atoms with van der Waals surface area (Å²) < 4.78 is 0. The molecular weight excluding hydrogens is 564 g/mol. The maximum atomic E-state index is 12.4. The van der Waals surface area contributed by atoms with Crippen molar-refractivity contribution in [2.24, 2.45) is 0 Å². The van der Waals surface area contributed by atoms with E-state index in [4.69, 9.17) is 0 Å². The molecule has 6 unspecified atom stereocenters. The molecule has 4 bridgehead atoms. The van der Waals surface area contributed by atoms with E-state index in [0.717, 1.165) is 73.6 Å². The topological polar surface area (TPSA) is 140 Å². The highest BCUT2D eigenvalue weighted by Gasteiger charge is 2.47. The molecule has 0 saturated carbocycles. The van der Waals surface area contributed by atoms with Crippen LogP contribution in [0.5, 0.6) is 0 Å². The van der Waals surface area contributed by atoms with Gasteiger partial charge in [0.2, 0.25) is 0 Å². The first-order valence-electron chi connectivity index (χ1n) is 14.9. The minimum Gasteiger partial charge on any atom is -0.384 e. The van der Waals surface area contributed by atoms with Gasteiger partial charge in [0.05, 0.1) is 24.2 Å². The van der Waals surface area contributed by atoms with Gasteiger partial charge in [0.1, 0.15) is 0 Å². The van der Waals surface area contributed by atoms with Crippen molar-refractivity contribution in [2.45, 2.75) is 81.2 Å². The third-order valence-electron chi connectivity index (χ3n) is 9.83. The molecule has 6 heterocycles. The van der Waals surface area contributed by atoms with Crippen LogP contribution in [-0.4, -0.2) is 69.4 Å². The highest BCUT2D eigenvalue weighted by molar-refractivity contribution is 5.98. The summed E-state index contributed by atoms with van der Waals surface area (Å²) in [6, 6.07) is 14.7. The number of nitriles is 2. The summed E-state index contributed by atoms with van der Waals surface area (Å²) >= 11 is 0. The van der Waals surface area contributed by atoms with Crippen molar-refractivity contribution in [3.63, 3.8) is 0 Å². The van der Waals surface area contributed by atoms with E-state index in [9.17, 15) is 20.1 Å². The maximum Gasteiger partial charge on any atom is 0.251 e. The molecule has 0 radical (unpaired) electrons. The van der Waals surface area contributed by atoms with E-state index in [2.05, 4.69) is 33.3 Å². The van der Waals surface area contributed by atoms with Gasteiger partial charge < -0.3 is 30.7 Å². The summed E-state index contributed by atoms with van der Waals surface area (Å²) in [6.45, 7) is 0.948. The van der Waals surface area contributed by atoms with Crippen molar-refractivity contribution in [3.8, 4) is 12.4 Å². The van der Waals surface area contributed by atoms with E-state index in [0.29, 0.717) is 17.6 Å². The number of aromatic nitrogens is 1. The van der Waals surface area contributed by atoms with Crippen LogP contribution >= 0.6 is 12.4 Å². The lowest BCUT2D eigenvalue weighted by Crippen LogP contribution is -2.43. The van der Waals surface area contributed by atoms with Gasteiger partial charge in [-0.05, 0) is 93.0 Å². The Bertz CT molecular complexity index is 1630. The van der Waals surface area contributed by atoms with Crippen molar-refractivity contribution in [2.75, 3.05) is 11.9 Å². The van der Waals surface area contributed by atoms with E-state index < -0.39 is 0 Å². The average Bonchev–Trinajstić information content (AvgIpc) is 3.86. The van der Waals surface area contributed by atoms with Gasteiger partial charge in [-0.25, -0.2) is 0 Å². The zero-order valence-corrected chi connectivity index (χ0v) is 24.6.